The minimum atomic E-state index is -0.913. The summed E-state index contributed by atoms with van der Waals surface area (Å²) in [6, 6.07) is 16.6. The van der Waals surface area contributed by atoms with E-state index in [0.717, 1.165) is 12.1 Å². The van der Waals surface area contributed by atoms with Crippen LogP contribution in [0.25, 0.3) is 21.9 Å². The highest BCUT2D eigenvalue weighted by atomic mass is 19.2. The van der Waals surface area contributed by atoms with Crippen molar-refractivity contribution in [2.45, 2.75) is 6.42 Å². The third-order valence-corrected chi connectivity index (χ3v) is 5.10. The predicted molar refractivity (Wildman–Crippen MR) is 117 cm³/mol. The van der Waals surface area contributed by atoms with Gasteiger partial charge in [-0.3, -0.25) is 0 Å². The molecule has 0 unspecified atom stereocenters. The van der Waals surface area contributed by atoms with Crippen LogP contribution in [0.4, 0.5) is 17.6 Å². The van der Waals surface area contributed by atoms with Gasteiger partial charge in [-0.05, 0) is 76.9 Å². The summed E-state index contributed by atoms with van der Waals surface area (Å²) in [5.74, 6) is 2.88. The molecule has 0 saturated heterocycles. The van der Waals surface area contributed by atoms with Crippen LogP contribution in [-0.2, 0) is 11.2 Å². The Hall–Kier alpha value is -3.62. The molecule has 0 amide bonds. The molecule has 0 heterocycles. The normalized spacial score (nSPS) is 10.8. The summed E-state index contributed by atoms with van der Waals surface area (Å²) in [6.07, 6.45) is 0.426. The van der Waals surface area contributed by atoms with Gasteiger partial charge in [-0.2, -0.15) is 0 Å². The van der Waals surface area contributed by atoms with Crippen molar-refractivity contribution in [3.63, 3.8) is 0 Å². The number of benzene rings is 4. The molecule has 0 atom stereocenters. The number of ether oxygens (including phenoxy) is 1. The second-order valence-electron chi connectivity index (χ2n) is 7.33. The van der Waals surface area contributed by atoms with E-state index in [1.807, 2.05) is 0 Å². The van der Waals surface area contributed by atoms with Gasteiger partial charge in [0.1, 0.15) is 11.6 Å². The predicted octanol–water partition coefficient (Wildman–Crippen LogP) is 6.65. The Morgan fingerprint density at radius 2 is 1.25 bits per heavy atom. The zero-order valence-corrected chi connectivity index (χ0v) is 17.2. The standard InChI is InChI=1S/C27H18F4O/c1-32-11-10-19-13-25(30)27(26(31)14-19)20-7-4-17(5-8-20)2-3-18-6-9-21-15-23(28)24(29)16-22(21)12-18/h4-9,12-16H,10-11H2,1H3. The molecule has 4 rings (SSSR count). The van der Waals surface area contributed by atoms with Gasteiger partial charge in [-0.25, -0.2) is 17.6 Å². The zero-order chi connectivity index (χ0) is 22.7. The van der Waals surface area contributed by atoms with E-state index >= 15 is 0 Å². The SMILES string of the molecule is COCCc1cc(F)c(-c2ccc(C#Cc3ccc4cc(F)c(F)cc4c3)cc2)c(F)c1. The molecule has 0 aliphatic rings. The maximum Gasteiger partial charge on any atom is 0.159 e. The summed E-state index contributed by atoms with van der Waals surface area (Å²) >= 11 is 0. The van der Waals surface area contributed by atoms with Crippen LogP contribution in [0, 0.1) is 35.1 Å². The number of fused-ring (bicyclic) bond motifs is 1. The smallest absolute Gasteiger partial charge is 0.159 e. The molecule has 0 N–H and O–H groups in total. The first-order chi connectivity index (χ1) is 15.4. The molecule has 4 aromatic carbocycles. The molecule has 5 heteroatoms. The molecule has 4 aromatic rings. The molecule has 0 spiro atoms. The van der Waals surface area contributed by atoms with Crippen molar-refractivity contribution in [1.82, 2.24) is 0 Å². The summed E-state index contributed by atoms with van der Waals surface area (Å²) in [4.78, 5) is 0. The van der Waals surface area contributed by atoms with Gasteiger partial charge in [0.25, 0.3) is 0 Å². The fourth-order valence-electron chi connectivity index (χ4n) is 3.45. The Labute approximate surface area is 183 Å². The van der Waals surface area contributed by atoms with Crippen molar-refractivity contribution in [3.8, 4) is 23.0 Å². The van der Waals surface area contributed by atoms with E-state index in [0.29, 0.717) is 46.1 Å². The first kappa shape index (κ1) is 21.6. The van der Waals surface area contributed by atoms with Crippen molar-refractivity contribution in [2.24, 2.45) is 0 Å². The number of hydrogen-bond acceptors (Lipinski definition) is 1. The number of halogens is 4. The fourth-order valence-corrected chi connectivity index (χ4v) is 3.45. The van der Waals surface area contributed by atoms with Crippen LogP contribution in [-0.4, -0.2) is 13.7 Å². The summed E-state index contributed by atoms with van der Waals surface area (Å²) in [5, 5.41) is 1.13. The van der Waals surface area contributed by atoms with Crippen molar-refractivity contribution in [1.29, 1.82) is 0 Å². The molecular formula is C27H18F4O. The highest BCUT2D eigenvalue weighted by molar-refractivity contribution is 5.84. The minimum absolute atomic E-state index is 0.0885. The van der Waals surface area contributed by atoms with E-state index in [1.54, 1.807) is 42.5 Å². The third-order valence-electron chi connectivity index (χ3n) is 5.10. The second-order valence-corrected chi connectivity index (χ2v) is 7.33. The Kier molecular flexibility index (Phi) is 6.25. The molecule has 0 aromatic heterocycles. The van der Waals surface area contributed by atoms with Gasteiger partial charge >= 0.3 is 0 Å². The summed E-state index contributed by atoms with van der Waals surface area (Å²) in [6.45, 7) is 0.384. The number of methoxy groups -OCH3 is 1. The van der Waals surface area contributed by atoms with Crippen LogP contribution >= 0.6 is 0 Å². The molecular weight excluding hydrogens is 416 g/mol. The quantitative estimate of drug-likeness (QED) is 0.258. The van der Waals surface area contributed by atoms with Crippen LogP contribution in [0.1, 0.15) is 16.7 Å². The van der Waals surface area contributed by atoms with Gasteiger partial charge in [0.15, 0.2) is 11.6 Å². The summed E-state index contributed by atoms with van der Waals surface area (Å²) < 4.78 is 60.8. The lowest BCUT2D eigenvalue weighted by Gasteiger charge is -2.08. The Balaban J connectivity index is 1.57. The molecule has 0 fully saturated rings. The average Bonchev–Trinajstić information content (AvgIpc) is 2.77. The molecule has 0 aliphatic carbocycles. The van der Waals surface area contributed by atoms with Gasteiger partial charge in [-0.1, -0.05) is 30.0 Å². The molecule has 0 radical (unpaired) electrons. The minimum Gasteiger partial charge on any atom is -0.384 e. The zero-order valence-electron chi connectivity index (χ0n) is 17.2. The highest BCUT2D eigenvalue weighted by Gasteiger charge is 2.13. The van der Waals surface area contributed by atoms with E-state index in [2.05, 4.69) is 11.8 Å². The summed E-state index contributed by atoms with van der Waals surface area (Å²) in [5.41, 5.74) is 2.14. The molecule has 32 heavy (non-hydrogen) atoms. The summed E-state index contributed by atoms with van der Waals surface area (Å²) in [7, 11) is 1.53. The van der Waals surface area contributed by atoms with Crippen LogP contribution in [0.3, 0.4) is 0 Å². The number of rotatable bonds is 4. The topological polar surface area (TPSA) is 9.23 Å². The van der Waals surface area contributed by atoms with Gasteiger partial charge in [0.05, 0.1) is 12.2 Å². The first-order valence-electron chi connectivity index (χ1n) is 9.93. The van der Waals surface area contributed by atoms with E-state index in [9.17, 15) is 17.6 Å². The number of hydrogen-bond donors (Lipinski definition) is 0. The molecule has 1 nitrogen and oxygen atoms in total. The molecule has 0 saturated carbocycles. The van der Waals surface area contributed by atoms with E-state index in [1.165, 1.54) is 19.2 Å². The highest BCUT2D eigenvalue weighted by Crippen LogP contribution is 2.28. The largest absolute Gasteiger partial charge is 0.384 e. The van der Waals surface area contributed by atoms with Gasteiger partial charge < -0.3 is 4.74 Å². The monoisotopic (exact) mass is 434 g/mol. The van der Waals surface area contributed by atoms with Gasteiger partial charge in [0.2, 0.25) is 0 Å². The van der Waals surface area contributed by atoms with Crippen molar-refractivity contribution < 1.29 is 22.3 Å². The van der Waals surface area contributed by atoms with E-state index in [-0.39, 0.29) is 5.56 Å². The van der Waals surface area contributed by atoms with Crippen LogP contribution in [0.15, 0.2) is 66.7 Å². The lowest BCUT2D eigenvalue weighted by molar-refractivity contribution is 0.202. The average molecular weight is 434 g/mol. The van der Waals surface area contributed by atoms with Gasteiger partial charge in [-0.15, -0.1) is 0 Å². The Morgan fingerprint density at radius 1 is 0.656 bits per heavy atom. The Bertz CT molecular complexity index is 1330. The van der Waals surface area contributed by atoms with Crippen molar-refractivity contribution in [2.75, 3.05) is 13.7 Å². The van der Waals surface area contributed by atoms with Crippen LogP contribution in [0.5, 0.6) is 0 Å². The first-order valence-corrected chi connectivity index (χ1v) is 9.93. The van der Waals surface area contributed by atoms with Crippen molar-refractivity contribution >= 4 is 10.8 Å². The third kappa shape index (κ3) is 4.66. The fraction of sp³-hybridized carbons (Fsp3) is 0.111. The van der Waals surface area contributed by atoms with Crippen LogP contribution in [0.2, 0.25) is 0 Å². The lowest BCUT2D eigenvalue weighted by atomic mass is 10.00. The molecule has 0 aliphatic heterocycles. The lowest BCUT2D eigenvalue weighted by Crippen LogP contribution is -1.98. The van der Waals surface area contributed by atoms with Crippen molar-refractivity contribution in [3.05, 3.63) is 107 Å². The molecule has 0 bridgehead atoms. The second kappa shape index (κ2) is 9.25. The maximum absolute atomic E-state index is 14.5. The Morgan fingerprint density at radius 3 is 1.91 bits per heavy atom. The van der Waals surface area contributed by atoms with E-state index in [4.69, 9.17) is 4.74 Å². The van der Waals surface area contributed by atoms with Gasteiger partial charge in [0, 0.05) is 18.2 Å². The maximum atomic E-state index is 14.5. The molecule has 160 valence electrons. The van der Waals surface area contributed by atoms with E-state index < -0.39 is 23.3 Å². The van der Waals surface area contributed by atoms with Crippen LogP contribution < -0.4 is 0 Å².